The van der Waals surface area contributed by atoms with Crippen molar-refractivity contribution in [2.24, 2.45) is 0 Å². The van der Waals surface area contributed by atoms with E-state index in [0.29, 0.717) is 41.2 Å². The Morgan fingerprint density at radius 1 is 0.979 bits per heavy atom. The molecule has 0 aliphatic carbocycles. The van der Waals surface area contributed by atoms with Crippen molar-refractivity contribution in [3.8, 4) is 0 Å². The summed E-state index contributed by atoms with van der Waals surface area (Å²) in [5.41, 5.74) is 5.55. The van der Waals surface area contributed by atoms with E-state index in [-0.39, 0.29) is 17.7 Å². The number of non-ortho nitro benzene ring substituents is 1. The first-order valence-corrected chi connectivity index (χ1v) is 16.5. The Morgan fingerprint density at radius 3 is 2.25 bits per heavy atom. The molecule has 11 nitrogen and oxygen atoms in total. The Kier molecular flexibility index (Phi) is 9.77. The molecule has 1 fully saturated rings. The molecule has 0 spiro atoms. The van der Waals surface area contributed by atoms with Gasteiger partial charge in [-0.15, -0.1) is 10.2 Å². The van der Waals surface area contributed by atoms with Crippen LogP contribution in [0.4, 0.5) is 5.69 Å². The molecule has 4 aromatic rings. The lowest BCUT2D eigenvalue weighted by Crippen LogP contribution is -2.43. The summed E-state index contributed by atoms with van der Waals surface area (Å²) >= 11 is 0. The van der Waals surface area contributed by atoms with Gasteiger partial charge in [0.2, 0.25) is 5.82 Å². The molecule has 1 atom stereocenters. The van der Waals surface area contributed by atoms with Gasteiger partial charge < -0.3 is 15.0 Å². The van der Waals surface area contributed by atoms with Crippen LogP contribution in [0.5, 0.6) is 0 Å². The van der Waals surface area contributed by atoms with Crippen LogP contribution >= 0.6 is 0 Å². The van der Waals surface area contributed by atoms with E-state index in [1.54, 1.807) is 12.1 Å². The second kappa shape index (κ2) is 14.3. The van der Waals surface area contributed by atoms with Crippen LogP contribution in [-0.4, -0.2) is 62.2 Å². The van der Waals surface area contributed by atoms with Crippen LogP contribution in [0.15, 0.2) is 102 Å². The maximum atomic E-state index is 13.9. The number of tetrazole rings is 1. The number of carbonyl (C=O) groups is 1. The summed E-state index contributed by atoms with van der Waals surface area (Å²) in [6.45, 7) is 9.07. The third-order valence-electron chi connectivity index (χ3n) is 9.59. The maximum absolute atomic E-state index is 13.9. The number of nitrogens with zero attached hydrogens (tertiary/aromatic N) is 6. The second-order valence-corrected chi connectivity index (χ2v) is 12.4. The molecular formula is C37H41N7O4. The first kappa shape index (κ1) is 32.8. The number of carbonyl (C=O) groups excluding carboxylic acids is 1. The molecule has 2 aliphatic rings. The van der Waals surface area contributed by atoms with Crippen molar-refractivity contribution in [1.29, 1.82) is 0 Å². The molecule has 11 heteroatoms. The summed E-state index contributed by atoms with van der Waals surface area (Å²) in [5.74, 6) is -0.808. The van der Waals surface area contributed by atoms with Crippen molar-refractivity contribution in [3.05, 3.63) is 135 Å². The fourth-order valence-corrected chi connectivity index (χ4v) is 7.14. The SMILES string of the molecule is CCn1nnc(C2=C(C)NC(C)=C(C(=O)OCCCN3CCC(c4ccccc4)(c4ccccc4)CC3)C2c2cccc([N+](=O)[O-])c2)n1. The van der Waals surface area contributed by atoms with Crippen molar-refractivity contribution in [2.45, 2.75) is 57.9 Å². The number of aromatic nitrogens is 4. The summed E-state index contributed by atoms with van der Waals surface area (Å²) < 4.78 is 5.92. The number of rotatable bonds is 11. The lowest BCUT2D eigenvalue weighted by atomic mass is 9.68. The summed E-state index contributed by atoms with van der Waals surface area (Å²) in [6.07, 6.45) is 2.70. The summed E-state index contributed by atoms with van der Waals surface area (Å²) in [7, 11) is 0. The van der Waals surface area contributed by atoms with Crippen molar-refractivity contribution in [2.75, 3.05) is 26.2 Å². The van der Waals surface area contributed by atoms with Gasteiger partial charge in [0, 0.05) is 47.0 Å². The molecule has 0 bridgehead atoms. The lowest BCUT2D eigenvalue weighted by Gasteiger charge is -2.43. The minimum absolute atomic E-state index is 0.0221. The van der Waals surface area contributed by atoms with E-state index in [1.807, 2.05) is 20.8 Å². The van der Waals surface area contributed by atoms with E-state index in [9.17, 15) is 14.9 Å². The zero-order valence-electron chi connectivity index (χ0n) is 27.6. The molecule has 248 valence electrons. The number of allylic oxidation sites excluding steroid dienone is 3. The Labute approximate surface area is 280 Å². The zero-order valence-corrected chi connectivity index (χ0v) is 27.6. The predicted molar refractivity (Wildman–Crippen MR) is 183 cm³/mol. The van der Waals surface area contributed by atoms with Crippen molar-refractivity contribution in [1.82, 2.24) is 30.4 Å². The van der Waals surface area contributed by atoms with E-state index < -0.39 is 16.8 Å². The number of hydrogen-bond donors (Lipinski definition) is 1. The van der Waals surface area contributed by atoms with Crippen LogP contribution < -0.4 is 5.32 Å². The van der Waals surface area contributed by atoms with Crippen LogP contribution in [0.2, 0.25) is 0 Å². The number of ether oxygens (including phenoxy) is 1. The Balaban J connectivity index is 1.15. The molecule has 1 N–H and O–H groups in total. The first-order chi connectivity index (χ1) is 23.3. The number of esters is 1. The lowest BCUT2D eigenvalue weighted by molar-refractivity contribution is -0.384. The van der Waals surface area contributed by atoms with Gasteiger partial charge in [0.05, 0.1) is 23.6 Å². The van der Waals surface area contributed by atoms with Gasteiger partial charge in [-0.1, -0.05) is 72.8 Å². The Morgan fingerprint density at radius 2 is 1.65 bits per heavy atom. The zero-order chi connectivity index (χ0) is 33.7. The van der Waals surface area contributed by atoms with Gasteiger partial charge in [-0.2, -0.15) is 4.80 Å². The number of piperidine rings is 1. The highest BCUT2D eigenvalue weighted by Crippen LogP contribution is 2.44. The topological polar surface area (TPSA) is 128 Å². The molecule has 3 aromatic carbocycles. The van der Waals surface area contributed by atoms with Crippen LogP contribution in [-0.2, 0) is 21.5 Å². The average Bonchev–Trinajstić information content (AvgIpc) is 3.60. The highest BCUT2D eigenvalue weighted by Gasteiger charge is 2.39. The molecule has 1 saturated heterocycles. The van der Waals surface area contributed by atoms with E-state index in [2.05, 4.69) is 86.3 Å². The van der Waals surface area contributed by atoms with E-state index in [4.69, 9.17) is 4.74 Å². The molecule has 6 rings (SSSR count). The molecule has 1 unspecified atom stereocenters. The van der Waals surface area contributed by atoms with Gasteiger partial charge in [0.1, 0.15) is 0 Å². The molecule has 0 saturated carbocycles. The number of nitrogens with one attached hydrogen (secondary N) is 1. The van der Waals surface area contributed by atoms with Crippen LogP contribution in [0, 0.1) is 10.1 Å². The summed E-state index contributed by atoms with van der Waals surface area (Å²) in [5, 5.41) is 27.9. The molecule has 3 heterocycles. The minimum Gasteiger partial charge on any atom is -0.462 e. The number of hydrogen-bond acceptors (Lipinski definition) is 9. The van der Waals surface area contributed by atoms with Crippen molar-refractivity contribution >= 4 is 17.2 Å². The van der Waals surface area contributed by atoms with Gasteiger partial charge >= 0.3 is 5.97 Å². The van der Waals surface area contributed by atoms with Crippen molar-refractivity contribution in [3.63, 3.8) is 0 Å². The second-order valence-electron chi connectivity index (χ2n) is 12.4. The first-order valence-electron chi connectivity index (χ1n) is 16.5. The third kappa shape index (κ3) is 6.64. The van der Waals surface area contributed by atoms with E-state index in [0.717, 1.165) is 38.2 Å². The van der Waals surface area contributed by atoms with Crippen molar-refractivity contribution < 1.29 is 14.5 Å². The predicted octanol–water partition coefficient (Wildman–Crippen LogP) is 6.01. The van der Waals surface area contributed by atoms with Gasteiger partial charge in [0.25, 0.3) is 5.69 Å². The number of likely N-dealkylation sites (tertiary alicyclic amines) is 1. The van der Waals surface area contributed by atoms with Gasteiger partial charge in [-0.05, 0) is 75.0 Å². The normalized spacial score (nSPS) is 18.0. The number of benzene rings is 3. The van der Waals surface area contributed by atoms with Gasteiger partial charge in [-0.3, -0.25) is 10.1 Å². The van der Waals surface area contributed by atoms with E-state index in [1.165, 1.54) is 28.1 Å². The maximum Gasteiger partial charge on any atom is 0.336 e. The molecule has 2 aliphatic heterocycles. The Hall–Kier alpha value is -5.16. The van der Waals surface area contributed by atoms with Gasteiger partial charge in [-0.25, -0.2) is 4.79 Å². The largest absolute Gasteiger partial charge is 0.462 e. The summed E-state index contributed by atoms with van der Waals surface area (Å²) in [6, 6.07) is 27.9. The quantitative estimate of drug-likeness (QED) is 0.0901. The summed E-state index contributed by atoms with van der Waals surface area (Å²) in [4.78, 5) is 29.0. The molecular weight excluding hydrogens is 606 g/mol. The fourth-order valence-electron chi connectivity index (χ4n) is 7.14. The standard InChI is InChI=1S/C37H41N7O4/c1-4-43-40-35(39-41-43)32-26(2)38-27(3)33(34(32)28-13-11-18-31(25-28)44(46)47)36(45)48-24-12-21-42-22-19-37(20-23-42,29-14-7-5-8-15-29)30-16-9-6-10-17-30/h5-11,13-18,25,34,38H,4,12,19-24H2,1-3H3. The van der Waals surface area contributed by atoms with Gasteiger partial charge in [0.15, 0.2) is 0 Å². The minimum atomic E-state index is -0.681. The number of aryl methyl sites for hydroxylation is 1. The molecule has 0 amide bonds. The van der Waals surface area contributed by atoms with Crippen LogP contribution in [0.25, 0.3) is 5.57 Å². The van der Waals surface area contributed by atoms with Crippen LogP contribution in [0.3, 0.4) is 0 Å². The van der Waals surface area contributed by atoms with E-state index >= 15 is 0 Å². The van der Waals surface area contributed by atoms with Crippen LogP contribution in [0.1, 0.15) is 68.5 Å². The molecule has 0 radical (unpaired) electrons. The highest BCUT2D eigenvalue weighted by atomic mass is 16.6. The fraction of sp³-hybridized carbons (Fsp3) is 0.351. The number of dihydropyridines is 1. The highest BCUT2D eigenvalue weighted by molar-refractivity contribution is 5.97. The third-order valence-corrected chi connectivity index (χ3v) is 9.59. The monoisotopic (exact) mass is 647 g/mol. The number of nitro groups is 1. The molecule has 48 heavy (non-hydrogen) atoms. The average molecular weight is 648 g/mol. The Bertz CT molecular complexity index is 1780. The molecule has 1 aromatic heterocycles. The smallest absolute Gasteiger partial charge is 0.336 e. The number of nitro benzene ring substituents is 1.